The Kier molecular flexibility index (Phi) is 6.41. The summed E-state index contributed by atoms with van der Waals surface area (Å²) >= 11 is 0. The van der Waals surface area contributed by atoms with E-state index in [-0.39, 0.29) is 11.5 Å². The first-order valence-electron chi connectivity index (χ1n) is 8.75. The Bertz CT molecular complexity index is 732. The molecule has 0 aromatic heterocycles. The van der Waals surface area contributed by atoms with E-state index in [1.807, 2.05) is 24.3 Å². The van der Waals surface area contributed by atoms with Gasteiger partial charge in [0, 0.05) is 25.2 Å². The number of rotatable bonds is 7. The molecule has 0 radical (unpaired) electrons. The van der Waals surface area contributed by atoms with Crippen molar-refractivity contribution in [2.75, 3.05) is 39.5 Å². The van der Waals surface area contributed by atoms with Crippen LogP contribution in [-0.2, 0) is 4.74 Å². The predicted octanol–water partition coefficient (Wildman–Crippen LogP) is 3.00. The van der Waals surface area contributed by atoms with E-state index in [1.165, 1.54) is 18.2 Å². The van der Waals surface area contributed by atoms with Gasteiger partial charge >= 0.3 is 0 Å². The highest BCUT2D eigenvalue weighted by atomic mass is 16.5. The maximum atomic E-state index is 12.1. The molecule has 1 heterocycles. The average molecular weight is 353 g/mol. The molecule has 0 unspecified atom stereocenters. The van der Waals surface area contributed by atoms with Gasteiger partial charge in [0.1, 0.15) is 18.1 Å². The van der Waals surface area contributed by atoms with Gasteiger partial charge in [0.25, 0.3) is 0 Å². The Morgan fingerprint density at radius 1 is 1.08 bits per heavy atom. The Labute approximate surface area is 153 Å². The Morgan fingerprint density at radius 2 is 1.77 bits per heavy atom. The second-order valence-electron chi connectivity index (χ2n) is 6.12. The standard InChI is InChI=1S/C21H23NO4/c23-19-6-4-18(5-7-19)21(24)10-3-17-1-8-20(9-2-17)26-16-13-22-11-14-25-15-12-22/h1-10,23H,11-16H2/b10-3+. The van der Waals surface area contributed by atoms with Crippen LogP contribution in [0.25, 0.3) is 6.08 Å². The number of hydrogen-bond donors (Lipinski definition) is 1. The van der Waals surface area contributed by atoms with Crippen LogP contribution in [-0.4, -0.2) is 55.2 Å². The van der Waals surface area contributed by atoms with Gasteiger partial charge in [0.05, 0.1) is 13.2 Å². The molecular weight excluding hydrogens is 330 g/mol. The van der Waals surface area contributed by atoms with Crippen molar-refractivity contribution in [1.29, 1.82) is 0 Å². The minimum Gasteiger partial charge on any atom is -0.508 e. The Hall–Kier alpha value is -2.63. The van der Waals surface area contributed by atoms with Crippen LogP contribution in [0.4, 0.5) is 0 Å². The van der Waals surface area contributed by atoms with Crippen LogP contribution in [0.2, 0.25) is 0 Å². The second-order valence-corrected chi connectivity index (χ2v) is 6.12. The van der Waals surface area contributed by atoms with Gasteiger partial charge < -0.3 is 14.6 Å². The van der Waals surface area contributed by atoms with Gasteiger partial charge in [-0.05, 0) is 48.0 Å². The van der Waals surface area contributed by atoms with Gasteiger partial charge in [-0.15, -0.1) is 0 Å². The van der Waals surface area contributed by atoms with Crippen LogP contribution in [0.15, 0.2) is 54.6 Å². The quantitative estimate of drug-likeness (QED) is 0.612. The highest BCUT2D eigenvalue weighted by Gasteiger charge is 2.09. The number of ketones is 1. The summed E-state index contributed by atoms with van der Waals surface area (Å²) in [5.41, 5.74) is 1.47. The van der Waals surface area contributed by atoms with Crippen molar-refractivity contribution < 1.29 is 19.4 Å². The van der Waals surface area contributed by atoms with Crippen molar-refractivity contribution in [3.8, 4) is 11.5 Å². The number of carbonyl (C=O) groups is 1. The molecule has 0 aliphatic carbocycles. The van der Waals surface area contributed by atoms with E-state index < -0.39 is 0 Å². The number of hydrogen-bond acceptors (Lipinski definition) is 5. The minimum absolute atomic E-state index is 0.101. The molecule has 1 saturated heterocycles. The average Bonchev–Trinajstić information content (AvgIpc) is 2.68. The monoisotopic (exact) mass is 353 g/mol. The maximum absolute atomic E-state index is 12.1. The fourth-order valence-electron chi connectivity index (χ4n) is 2.69. The van der Waals surface area contributed by atoms with Crippen LogP contribution in [0.1, 0.15) is 15.9 Å². The summed E-state index contributed by atoms with van der Waals surface area (Å²) in [4.78, 5) is 14.4. The smallest absolute Gasteiger partial charge is 0.185 e. The van der Waals surface area contributed by atoms with Crippen LogP contribution in [0.5, 0.6) is 11.5 Å². The van der Waals surface area contributed by atoms with Crippen molar-refractivity contribution in [2.24, 2.45) is 0 Å². The molecule has 1 fully saturated rings. The zero-order valence-electron chi connectivity index (χ0n) is 14.6. The van der Waals surface area contributed by atoms with E-state index in [4.69, 9.17) is 9.47 Å². The summed E-state index contributed by atoms with van der Waals surface area (Å²) < 4.78 is 11.1. The molecule has 5 heteroatoms. The molecule has 0 saturated carbocycles. The third-order valence-electron chi connectivity index (χ3n) is 4.24. The first-order chi connectivity index (χ1) is 12.7. The molecule has 1 N–H and O–H groups in total. The lowest BCUT2D eigenvalue weighted by Gasteiger charge is -2.26. The number of carbonyl (C=O) groups excluding carboxylic acids is 1. The van der Waals surface area contributed by atoms with Crippen molar-refractivity contribution in [2.45, 2.75) is 0 Å². The number of phenolic OH excluding ortho intramolecular Hbond substituents is 1. The largest absolute Gasteiger partial charge is 0.508 e. The summed E-state index contributed by atoms with van der Waals surface area (Å²) in [5.74, 6) is 0.867. The lowest BCUT2D eigenvalue weighted by Crippen LogP contribution is -2.38. The van der Waals surface area contributed by atoms with E-state index in [0.717, 1.165) is 44.2 Å². The molecule has 0 bridgehead atoms. The lowest BCUT2D eigenvalue weighted by molar-refractivity contribution is 0.0322. The van der Waals surface area contributed by atoms with E-state index >= 15 is 0 Å². The molecule has 2 aromatic carbocycles. The predicted molar refractivity (Wildman–Crippen MR) is 101 cm³/mol. The maximum Gasteiger partial charge on any atom is 0.185 e. The van der Waals surface area contributed by atoms with Crippen LogP contribution in [0.3, 0.4) is 0 Å². The second kappa shape index (κ2) is 9.17. The SMILES string of the molecule is O=C(/C=C/c1ccc(OCCN2CCOCC2)cc1)c1ccc(O)cc1. The van der Waals surface area contributed by atoms with E-state index in [1.54, 1.807) is 18.2 Å². The van der Waals surface area contributed by atoms with E-state index in [2.05, 4.69) is 4.90 Å². The van der Waals surface area contributed by atoms with Gasteiger partial charge in [-0.3, -0.25) is 9.69 Å². The number of ether oxygens (including phenoxy) is 2. The molecule has 0 spiro atoms. The first-order valence-corrected chi connectivity index (χ1v) is 8.75. The molecule has 2 aromatic rings. The van der Waals surface area contributed by atoms with Crippen LogP contribution < -0.4 is 4.74 Å². The Balaban J connectivity index is 1.47. The zero-order chi connectivity index (χ0) is 18.2. The van der Waals surface area contributed by atoms with E-state index in [0.29, 0.717) is 12.2 Å². The molecule has 3 rings (SSSR count). The fraction of sp³-hybridized carbons (Fsp3) is 0.286. The van der Waals surface area contributed by atoms with Crippen LogP contribution >= 0.6 is 0 Å². The number of nitrogens with zero attached hydrogens (tertiary/aromatic N) is 1. The normalized spacial score (nSPS) is 15.2. The molecule has 1 aliphatic heterocycles. The van der Waals surface area contributed by atoms with E-state index in [9.17, 15) is 9.90 Å². The van der Waals surface area contributed by atoms with Crippen molar-refractivity contribution >= 4 is 11.9 Å². The summed E-state index contributed by atoms with van der Waals surface area (Å²) in [5, 5.41) is 9.26. The third kappa shape index (κ3) is 5.44. The van der Waals surface area contributed by atoms with Gasteiger partial charge in [0.2, 0.25) is 0 Å². The molecule has 0 atom stereocenters. The molecule has 136 valence electrons. The highest BCUT2D eigenvalue weighted by Crippen LogP contribution is 2.15. The van der Waals surface area contributed by atoms with Gasteiger partial charge in [-0.25, -0.2) is 0 Å². The summed E-state index contributed by atoms with van der Waals surface area (Å²) in [6.07, 6.45) is 3.30. The molecule has 0 amide bonds. The van der Waals surface area contributed by atoms with Gasteiger partial charge in [-0.1, -0.05) is 18.2 Å². The number of morpholine rings is 1. The molecule has 5 nitrogen and oxygen atoms in total. The minimum atomic E-state index is -0.101. The number of benzene rings is 2. The molecule has 26 heavy (non-hydrogen) atoms. The third-order valence-corrected chi connectivity index (χ3v) is 4.24. The van der Waals surface area contributed by atoms with Crippen molar-refractivity contribution in [3.63, 3.8) is 0 Å². The molecule has 1 aliphatic rings. The van der Waals surface area contributed by atoms with Crippen molar-refractivity contribution in [1.82, 2.24) is 4.90 Å². The summed E-state index contributed by atoms with van der Waals surface area (Å²) in [6, 6.07) is 13.9. The topological polar surface area (TPSA) is 59.0 Å². The molecular formula is C21H23NO4. The van der Waals surface area contributed by atoms with Crippen LogP contribution in [0, 0.1) is 0 Å². The van der Waals surface area contributed by atoms with Gasteiger partial charge in [-0.2, -0.15) is 0 Å². The van der Waals surface area contributed by atoms with Crippen molar-refractivity contribution in [3.05, 3.63) is 65.7 Å². The van der Waals surface area contributed by atoms with Gasteiger partial charge in [0.15, 0.2) is 5.78 Å². The zero-order valence-corrected chi connectivity index (χ0v) is 14.6. The summed E-state index contributed by atoms with van der Waals surface area (Å²) in [7, 11) is 0. The number of aromatic hydroxyl groups is 1. The fourth-order valence-corrected chi connectivity index (χ4v) is 2.69. The summed E-state index contributed by atoms with van der Waals surface area (Å²) in [6.45, 7) is 5.05. The Morgan fingerprint density at radius 3 is 2.46 bits per heavy atom. The number of phenols is 1. The number of allylic oxidation sites excluding steroid dienone is 1. The highest BCUT2D eigenvalue weighted by molar-refractivity contribution is 6.06. The lowest BCUT2D eigenvalue weighted by atomic mass is 10.1. The first kappa shape index (κ1) is 18.2.